The standard InChI is InChI=1S/C16H19O2P/c1-16(2,12-4-8-14(17)9-5-12)13-6-10-15(11-7-13)18-19-3/h4-11,17,19H,1-3H3. The molecule has 0 fully saturated rings. The first-order valence-corrected chi connectivity index (χ1v) is 7.68. The molecule has 0 aliphatic heterocycles. The average Bonchev–Trinajstić information content (AvgIpc) is 2.40. The summed E-state index contributed by atoms with van der Waals surface area (Å²) in [6.07, 6.45) is 0. The number of phenolic OH excluding ortho intramolecular Hbond substituents is 1. The fourth-order valence-electron chi connectivity index (χ4n) is 2.10. The van der Waals surface area contributed by atoms with E-state index in [1.54, 1.807) is 12.1 Å². The van der Waals surface area contributed by atoms with E-state index in [9.17, 15) is 5.11 Å². The summed E-state index contributed by atoms with van der Waals surface area (Å²) in [5, 5.41) is 9.37. The predicted octanol–water partition coefficient (Wildman–Crippen LogP) is 4.32. The number of hydrogen-bond donors (Lipinski definition) is 1. The van der Waals surface area contributed by atoms with Crippen molar-refractivity contribution in [2.45, 2.75) is 19.3 Å². The zero-order chi connectivity index (χ0) is 13.9. The molecule has 2 aromatic carbocycles. The Bertz CT molecular complexity index is 530. The first-order valence-electron chi connectivity index (χ1n) is 6.27. The second kappa shape index (κ2) is 5.63. The molecule has 0 bridgehead atoms. The van der Waals surface area contributed by atoms with Gasteiger partial charge in [0.15, 0.2) is 0 Å². The van der Waals surface area contributed by atoms with Gasteiger partial charge in [-0.2, -0.15) is 0 Å². The van der Waals surface area contributed by atoms with Gasteiger partial charge in [-0.15, -0.1) is 0 Å². The van der Waals surface area contributed by atoms with E-state index in [2.05, 4.69) is 26.0 Å². The topological polar surface area (TPSA) is 29.5 Å². The van der Waals surface area contributed by atoms with Crippen molar-refractivity contribution in [2.75, 3.05) is 6.66 Å². The Balaban J connectivity index is 2.30. The van der Waals surface area contributed by atoms with Crippen LogP contribution in [0.2, 0.25) is 0 Å². The quantitative estimate of drug-likeness (QED) is 0.841. The summed E-state index contributed by atoms with van der Waals surface area (Å²) in [6, 6.07) is 15.6. The van der Waals surface area contributed by atoms with Crippen molar-refractivity contribution < 1.29 is 9.63 Å². The minimum absolute atomic E-state index is 0.0965. The molecule has 0 radical (unpaired) electrons. The summed E-state index contributed by atoms with van der Waals surface area (Å²) >= 11 is 0. The van der Waals surface area contributed by atoms with Crippen molar-refractivity contribution in [3.05, 3.63) is 59.7 Å². The molecule has 1 N–H and O–H groups in total. The Labute approximate surface area is 116 Å². The first-order chi connectivity index (χ1) is 9.04. The minimum atomic E-state index is -0.0965. The molecule has 100 valence electrons. The minimum Gasteiger partial charge on any atom is -0.508 e. The number of aromatic hydroxyl groups is 1. The van der Waals surface area contributed by atoms with Gasteiger partial charge in [0.05, 0.1) is 8.81 Å². The van der Waals surface area contributed by atoms with E-state index >= 15 is 0 Å². The molecule has 0 aliphatic rings. The van der Waals surface area contributed by atoms with Gasteiger partial charge in [-0.3, -0.25) is 0 Å². The van der Waals surface area contributed by atoms with Crippen LogP contribution in [0.15, 0.2) is 48.5 Å². The fourth-order valence-corrected chi connectivity index (χ4v) is 2.47. The van der Waals surface area contributed by atoms with Gasteiger partial charge in [-0.25, -0.2) is 0 Å². The number of rotatable bonds is 4. The van der Waals surface area contributed by atoms with Crippen LogP contribution >= 0.6 is 8.81 Å². The van der Waals surface area contributed by atoms with Gasteiger partial charge in [0.1, 0.15) is 11.5 Å². The Kier molecular flexibility index (Phi) is 4.11. The van der Waals surface area contributed by atoms with Gasteiger partial charge >= 0.3 is 0 Å². The smallest absolute Gasteiger partial charge is 0.122 e. The molecular formula is C16H19O2P. The SMILES string of the molecule is CPOc1ccc(C(C)(C)c2ccc(O)cc2)cc1. The molecule has 0 aromatic heterocycles. The van der Waals surface area contributed by atoms with Crippen molar-refractivity contribution in [1.82, 2.24) is 0 Å². The first kappa shape index (κ1) is 13.9. The molecule has 1 atom stereocenters. The Morgan fingerprint density at radius 3 is 1.84 bits per heavy atom. The van der Waals surface area contributed by atoms with Crippen molar-refractivity contribution >= 4 is 8.81 Å². The average molecular weight is 274 g/mol. The third kappa shape index (κ3) is 3.08. The van der Waals surface area contributed by atoms with Crippen LogP contribution in [0.3, 0.4) is 0 Å². The molecule has 0 amide bonds. The summed E-state index contributed by atoms with van der Waals surface area (Å²) in [5.74, 6) is 1.21. The van der Waals surface area contributed by atoms with Gasteiger partial charge < -0.3 is 9.63 Å². The summed E-state index contributed by atoms with van der Waals surface area (Å²) in [7, 11) is 0.462. The van der Waals surface area contributed by atoms with Gasteiger partial charge in [0.25, 0.3) is 0 Å². The molecule has 0 saturated carbocycles. The van der Waals surface area contributed by atoms with Crippen LogP contribution in [0.5, 0.6) is 11.5 Å². The molecule has 0 saturated heterocycles. The third-order valence-corrected chi connectivity index (χ3v) is 3.82. The summed E-state index contributed by atoms with van der Waals surface area (Å²) in [6.45, 7) is 6.36. The molecule has 0 heterocycles. The maximum Gasteiger partial charge on any atom is 0.122 e. The highest BCUT2D eigenvalue weighted by Crippen LogP contribution is 2.33. The molecule has 19 heavy (non-hydrogen) atoms. The van der Waals surface area contributed by atoms with Crippen molar-refractivity contribution in [3.8, 4) is 11.5 Å². The number of hydrogen-bond acceptors (Lipinski definition) is 2. The molecule has 1 unspecified atom stereocenters. The lowest BCUT2D eigenvalue weighted by atomic mass is 9.78. The van der Waals surface area contributed by atoms with Crippen LogP contribution in [0.1, 0.15) is 25.0 Å². The maximum absolute atomic E-state index is 9.37. The number of phenols is 1. The van der Waals surface area contributed by atoms with Gasteiger partial charge in [-0.1, -0.05) is 38.1 Å². The van der Waals surface area contributed by atoms with E-state index in [0.717, 1.165) is 5.75 Å². The largest absolute Gasteiger partial charge is 0.508 e. The van der Waals surface area contributed by atoms with E-state index in [4.69, 9.17) is 4.52 Å². The molecular weight excluding hydrogens is 255 g/mol. The summed E-state index contributed by atoms with van der Waals surface area (Å²) in [4.78, 5) is 0. The van der Waals surface area contributed by atoms with E-state index in [1.807, 2.05) is 30.9 Å². The van der Waals surface area contributed by atoms with E-state index < -0.39 is 0 Å². The predicted molar refractivity (Wildman–Crippen MR) is 81.5 cm³/mol. The Morgan fingerprint density at radius 2 is 1.37 bits per heavy atom. The highest BCUT2D eigenvalue weighted by atomic mass is 31.1. The van der Waals surface area contributed by atoms with Gasteiger partial charge in [0.2, 0.25) is 0 Å². The van der Waals surface area contributed by atoms with Crippen LogP contribution in [-0.4, -0.2) is 11.8 Å². The van der Waals surface area contributed by atoms with Crippen LogP contribution in [-0.2, 0) is 5.41 Å². The van der Waals surface area contributed by atoms with Crippen LogP contribution < -0.4 is 4.52 Å². The molecule has 2 nitrogen and oxygen atoms in total. The van der Waals surface area contributed by atoms with Crippen molar-refractivity contribution in [2.24, 2.45) is 0 Å². The monoisotopic (exact) mass is 274 g/mol. The second-order valence-corrected chi connectivity index (χ2v) is 5.61. The lowest BCUT2D eigenvalue weighted by molar-refractivity contribution is 0.474. The normalized spacial score (nSPS) is 11.9. The molecule has 2 aromatic rings. The summed E-state index contributed by atoms with van der Waals surface area (Å²) in [5.41, 5.74) is 2.31. The summed E-state index contributed by atoms with van der Waals surface area (Å²) < 4.78 is 5.49. The highest BCUT2D eigenvalue weighted by molar-refractivity contribution is 7.31. The molecule has 3 heteroatoms. The maximum atomic E-state index is 9.37. The lowest BCUT2D eigenvalue weighted by Gasteiger charge is -2.26. The fraction of sp³-hybridized carbons (Fsp3) is 0.250. The lowest BCUT2D eigenvalue weighted by Crippen LogP contribution is -2.18. The third-order valence-electron chi connectivity index (χ3n) is 3.38. The Morgan fingerprint density at radius 1 is 0.895 bits per heavy atom. The highest BCUT2D eigenvalue weighted by Gasteiger charge is 2.22. The van der Waals surface area contributed by atoms with Crippen LogP contribution in [0, 0.1) is 0 Å². The van der Waals surface area contributed by atoms with Crippen LogP contribution in [0.25, 0.3) is 0 Å². The van der Waals surface area contributed by atoms with Crippen molar-refractivity contribution in [1.29, 1.82) is 0 Å². The van der Waals surface area contributed by atoms with Gasteiger partial charge in [-0.05, 0) is 42.1 Å². The zero-order valence-electron chi connectivity index (χ0n) is 11.5. The van der Waals surface area contributed by atoms with Crippen LogP contribution in [0.4, 0.5) is 0 Å². The van der Waals surface area contributed by atoms with E-state index in [1.165, 1.54) is 11.1 Å². The second-order valence-electron chi connectivity index (χ2n) is 5.00. The van der Waals surface area contributed by atoms with E-state index in [-0.39, 0.29) is 5.41 Å². The number of benzene rings is 2. The van der Waals surface area contributed by atoms with E-state index in [0.29, 0.717) is 14.6 Å². The van der Waals surface area contributed by atoms with Gasteiger partial charge in [0, 0.05) is 5.41 Å². The molecule has 2 rings (SSSR count). The van der Waals surface area contributed by atoms with Crippen molar-refractivity contribution in [3.63, 3.8) is 0 Å². The molecule has 0 aliphatic carbocycles. The zero-order valence-corrected chi connectivity index (χ0v) is 12.5. The molecule has 0 spiro atoms. The Hall–Kier alpha value is -1.53.